The van der Waals surface area contributed by atoms with E-state index in [2.05, 4.69) is 5.32 Å². The molecule has 1 fully saturated rings. The van der Waals surface area contributed by atoms with Crippen LogP contribution in [-0.4, -0.2) is 43.8 Å². The molecular formula is C30H33Cl2N3O4S. The maximum atomic E-state index is 14.1. The average Bonchev–Trinajstić information content (AvgIpc) is 3.46. The highest BCUT2D eigenvalue weighted by Gasteiger charge is 2.34. The molecule has 0 heterocycles. The molecule has 3 aromatic rings. The van der Waals surface area contributed by atoms with Crippen molar-refractivity contribution >= 4 is 50.7 Å². The third kappa shape index (κ3) is 6.79. The number of carbonyl (C=O) groups excluding carboxylic acids is 2. The molecule has 3 aromatic carbocycles. The summed E-state index contributed by atoms with van der Waals surface area (Å²) in [6, 6.07) is 19.3. The first-order valence-electron chi connectivity index (χ1n) is 13.3. The third-order valence-corrected chi connectivity index (χ3v) is 9.86. The summed E-state index contributed by atoms with van der Waals surface area (Å²) in [6.45, 7) is 3.15. The minimum Gasteiger partial charge on any atom is -0.352 e. The van der Waals surface area contributed by atoms with Gasteiger partial charge in [0.2, 0.25) is 11.8 Å². The summed E-state index contributed by atoms with van der Waals surface area (Å²) in [7, 11) is -4.23. The number of nitrogens with zero attached hydrogens (tertiary/aromatic N) is 2. The topological polar surface area (TPSA) is 86.8 Å². The highest BCUT2D eigenvalue weighted by Crippen LogP contribution is 2.35. The number of amides is 2. The van der Waals surface area contributed by atoms with Gasteiger partial charge in [-0.1, -0.05) is 84.6 Å². The zero-order valence-electron chi connectivity index (χ0n) is 22.5. The molecule has 40 heavy (non-hydrogen) atoms. The van der Waals surface area contributed by atoms with Gasteiger partial charge in [0.15, 0.2) is 0 Å². The number of nitrogens with one attached hydrogen (secondary N) is 1. The summed E-state index contributed by atoms with van der Waals surface area (Å²) < 4.78 is 28.7. The van der Waals surface area contributed by atoms with Crippen molar-refractivity contribution in [3.63, 3.8) is 0 Å². The Labute approximate surface area is 246 Å². The van der Waals surface area contributed by atoms with E-state index in [-0.39, 0.29) is 39.1 Å². The summed E-state index contributed by atoms with van der Waals surface area (Å²) >= 11 is 12.7. The normalized spacial score (nSPS) is 14.5. The number of benzene rings is 3. The lowest BCUT2D eigenvalue weighted by molar-refractivity contribution is -0.139. The number of rotatable bonds is 10. The Kier molecular flexibility index (Phi) is 9.77. The third-order valence-electron chi connectivity index (χ3n) is 7.28. The van der Waals surface area contributed by atoms with Gasteiger partial charge in [-0.05, 0) is 62.1 Å². The largest absolute Gasteiger partial charge is 0.352 e. The van der Waals surface area contributed by atoms with E-state index in [4.69, 9.17) is 23.2 Å². The second-order valence-corrected chi connectivity index (χ2v) is 12.7. The lowest BCUT2D eigenvalue weighted by Gasteiger charge is -2.33. The van der Waals surface area contributed by atoms with Crippen LogP contribution in [0, 0.1) is 6.92 Å². The smallest absolute Gasteiger partial charge is 0.264 e. The fourth-order valence-corrected chi connectivity index (χ4v) is 6.76. The summed E-state index contributed by atoms with van der Waals surface area (Å²) in [6.07, 6.45) is 3.91. The van der Waals surface area contributed by atoms with Gasteiger partial charge < -0.3 is 10.2 Å². The van der Waals surface area contributed by atoms with Crippen molar-refractivity contribution in [2.75, 3.05) is 10.8 Å². The maximum absolute atomic E-state index is 14.1. The van der Waals surface area contributed by atoms with Gasteiger partial charge in [-0.3, -0.25) is 13.9 Å². The Hall–Kier alpha value is -3.07. The van der Waals surface area contributed by atoms with Gasteiger partial charge in [-0.2, -0.15) is 0 Å². The molecule has 1 aliphatic rings. The first-order valence-corrected chi connectivity index (χ1v) is 15.5. The van der Waals surface area contributed by atoms with Crippen LogP contribution in [0.15, 0.2) is 77.7 Å². The van der Waals surface area contributed by atoms with Crippen molar-refractivity contribution in [1.29, 1.82) is 0 Å². The predicted molar refractivity (Wildman–Crippen MR) is 159 cm³/mol. The molecule has 0 spiro atoms. The summed E-state index contributed by atoms with van der Waals surface area (Å²) in [4.78, 5) is 28.8. The summed E-state index contributed by atoms with van der Waals surface area (Å²) in [5, 5.41) is 3.23. The van der Waals surface area contributed by atoms with Crippen LogP contribution in [0.25, 0.3) is 0 Å². The summed E-state index contributed by atoms with van der Waals surface area (Å²) in [5.41, 5.74) is 1.88. The molecule has 1 atom stereocenters. The zero-order valence-corrected chi connectivity index (χ0v) is 24.8. The van der Waals surface area contributed by atoms with E-state index in [1.54, 1.807) is 37.3 Å². The number of hydrogen-bond donors (Lipinski definition) is 1. The fourth-order valence-electron chi connectivity index (χ4n) is 4.86. The van der Waals surface area contributed by atoms with E-state index in [1.165, 1.54) is 23.1 Å². The molecule has 0 bridgehead atoms. The maximum Gasteiger partial charge on any atom is 0.264 e. The van der Waals surface area contributed by atoms with Crippen LogP contribution in [0.4, 0.5) is 5.69 Å². The lowest BCUT2D eigenvalue weighted by atomic mass is 10.1. The Bertz CT molecular complexity index is 1460. The Morgan fingerprint density at radius 3 is 2.27 bits per heavy atom. The Balaban J connectivity index is 1.72. The van der Waals surface area contributed by atoms with E-state index in [0.29, 0.717) is 0 Å². The number of halogens is 2. The predicted octanol–water partition coefficient (Wildman–Crippen LogP) is 5.97. The van der Waals surface area contributed by atoms with E-state index < -0.39 is 28.5 Å². The second kappa shape index (κ2) is 13.1. The molecule has 1 N–H and O–H groups in total. The van der Waals surface area contributed by atoms with Crippen LogP contribution in [-0.2, 0) is 26.2 Å². The molecule has 2 amide bonds. The molecule has 4 rings (SSSR count). The molecular weight excluding hydrogens is 569 g/mol. The van der Waals surface area contributed by atoms with Crippen LogP contribution in [0.2, 0.25) is 10.0 Å². The van der Waals surface area contributed by atoms with Crippen LogP contribution >= 0.6 is 23.2 Å². The number of hydrogen-bond acceptors (Lipinski definition) is 4. The van der Waals surface area contributed by atoms with Crippen molar-refractivity contribution in [2.45, 2.75) is 63.1 Å². The molecule has 7 nitrogen and oxygen atoms in total. The van der Waals surface area contributed by atoms with Gasteiger partial charge in [-0.15, -0.1) is 0 Å². The minimum atomic E-state index is -4.23. The van der Waals surface area contributed by atoms with Gasteiger partial charge >= 0.3 is 0 Å². The lowest BCUT2D eigenvalue weighted by Crippen LogP contribution is -2.52. The quantitative estimate of drug-likeness (QED) is 0.310. The molecule has 10 heteroatoms. The van der Waals surface area contributed by atoms with Gasteiger partial charge in [0.1, 0.15) is 12.6 Å². The molecule has 0 aliphatic heterocycles. The fraction of sp³-hybridized carbons (Fsp3) is 0.333. The average molecular weight is 603 g/mol. The van der Waals surface area contributed by atoms with E-state index in [9.17, 15) is 18.0 Å². The van der Waals surface area contributed by atoms with Crippen molar-refractivity contribution in [2.24, 2.45) is 0 Å². The summed E-state index contributed by atoms with van der Waals surface area (Å²) in [5.74, 6) is -0.819. The molecule has 0 aromatic heterocycles. The first-order chi connectivity index (χ1) is 19.1. The van der Waals surface area contributed by atoms with Gasteiger partial charge in [0, 0.05) is 12.6 Å². The molecule has 0 saturated heterocycles. The number of carbonyl (C=O) groups is 2. The standard InChI is InChI=1S/C30H33Cl2N3O4S/c1-21-11-6-7-12-23(21)19-34(22(2)30(37)33-24-13-8-9-14-24)28(36)20-35(27-18-10-17-26(31)29(27)32)40(38,39)25-15-4-3-5-16-25/h3-7,10-12,15-18,22,24H,8-9,13-14,19-20H2,1-2H3,(H,33,37)/t22-/m1/s1. The van der Waals surface area contributed by atoms with Gasteiger partial charge in [-0.25, -0.2) is 8.42 Å². The number of anilines is 1. The number of aryl methyl sites for hydroxylation is 1. The molecule has 0 radical (unpaired) electrons. The van der Waals surface area contributed by atoms with Crippen molar-refractivity contribution in [3.8, 4) is 0 Å². The van der Waals surface area contributed by atoms with E-state index in [1.807, 2.05) is 31.2 Å². The Morgan fingerprint density at radius 1 is 0.950 bits per heavy atom. The zero-order chi connectivity index (χ0) is 28.9. The van der Waals surface area contributed by atoms with Crippen LogP contribution in [0.1, 0.15) is 43.7 Å². The van der Waals surface area contributed by atoms with Crippen LogP contribution < -0.4 is 9.62 Å². The van der Waals surface area contributed by atoms with Crippen molar-refractivity contribution in [3.05, 3.63) is 94.0 Å². The van der Waals surface area contributed by atoms with Crippen molar-refractivity contribution in [1.82, 2.24) is 10.2 Å². The van der Waals surface area contributed by atoms with E-state index >= 15 is 0 Å². The highest BCUT2D eigenvalue weighted by atomic mass is 35.5. The van der Waals surface area contributed by atoms with Crippen LogP contribution in [0.3, 0.4) is 0 Å². The monoisotopic (exact) mass is 601 g/mol. The second-order valence-electron chi connectivity index (χ2n) is 10.0. The molecule has 0 unspecified atom stereocenters. The molecule has 1 saturated carbocycles. The van der Waals surface area contributed by atoms with Crippen molar-refractivity contribution < 1.29 is 18.0 Å². The van der Waals surface area contributed by atoms with E-state index in [0.717, 1.165) is 41.1 Å². The Morgan fingerprint density at radius 2 is 1.60 bits per heavy atom. The highest BCUT2D eigenvalue weighted by molar-refractivity contribution is 7.92. The SMILES string of the molecule is Cc1ccccc1CN(C(=O)CN(c1cccc(Cl)c1Cl)S(=O)(=O)c1ccccc1)[C@H](C)C(=O)NC1CCCC1. The number of sulfonamides is 1. The first kappa shape index (κ1) is 29.9. The molecule has 212 valence electrons. The molecule has 1 aliphatic carbocycles. The van der Waals surface area contributed by atoms with Crippen LogP contribution in [0.5, 0.6) is 0 Å². The minimum absolute atomic E-state index is 0.00341. The van der Waals surface area contributed by atoms with Gasteiger partial charge in [0.25, 0.3) is 10.0 Å². The van der Waals surface area contributed by atoms with Gasteiger partial charge in [0.05, 0.1) is 20.6 Å².